The largest absolute Gasteiger partial charge is 0.454 e. The Hall–Kier alpha value is -12.2. The maximum absolute atomic E-state index is 13.0. The second kappa shape index (κ2) is 20.5. The van der Waals surface area contributed by atoms with Gasteiger partial charge < -0.3 is 18.1 Å². The average Bonchev–Trinajstić information content (AvgIpc) is 1.51. The van der Waals surface area contributed by atoms with Crippen LogP contribution in [0.2, 0.25) is 0 Å². The number of nitrogens with zero attached hydrogens (tertiary/aromatic N) is 4. The molecule has 5 heteroatoms. The van der Waals surface area contributed by atoms with Crippen LogP contribution in [0, 0.1) is 11.3 Å². The van der Waals surface area contributed by atoms with Crippen LogP contribution in [0.15, 0.2) is 320 Å². The molecule has 0 unspecified atom stereocenters. The van der Waals surface area contributed by atoms with E-state index in [4.69, 9.17) is 4.42 Å². The molecule has 0 saturated carbocycles. The Bertz CT molecular complexity index is 5640. The van der Waals surface area contributed by atoms with E-state index in [2.05, 4.69) is 329 Å². The second-order valence-corrected chi connectivity index (χ2v) is 23.4. The van der Waals surface area contributed by atoms with Gasteiger partial charge in [0.15, 0.2) is 5.58 Å². The third kappa shape index (κ3) is 7.95. The van der Waals surface area contributed by atoms with Gasteiger partial charge in [-0.05, 0) is 146 Å². The zero-order valence-electron chi connectivity index (χ0n) is 48.7. The summed E-state index contributed by atoms with van der Waals surface area (Å²) in [6.45, 7) is 0. The second-order valence-electron chi connectivity index (χ2n) is 23.4. The van der Waals surface area contributed by atoms with Crippen molar-refractivity contribution < 1.29 is 4.42 Å². The minimum Gasteiger partial charge on any atom is -0.454 e. The summed E-state index contributed by atoms with van der Waals surface area (Å²) in [6, 6.07) is 116. The molecular formula is C85H52N4O. The maximum Gasteiger partial charge on any atom is 0.163 e. The molecule has 0 fully saturated rings. The molecule has 90 heavy (non-hydrogen) atoms. The standard InChI is InChI=1S/C85H52N4O/c86-53-73-82(87-74-41-35-60(54-21-7-1-8-22-54)47-67(74)68-48-61(36-42-75(68)87)55-23-9-2-10-24-55)81-66-33-19-20-34-80(66)90-85(81)84(89-78-45-39-64(58-29-15-5-16-30-58)51-71(78)72-52-65(40-46-79(72)89)59-31-17-6-18-32-59)83(73)88-76-43-37-62(56-25-11-3-12-26-56)49-69(76)70-50-63(38-44-77(70)88)57-27-13-4-14-28-57/h1-52H. The van der Waals surface area contributed by atoms with Gasteiger partial charge in [-0.15, -0.1) is 0 Å². The van der Waals surface area contributed by atoms with E-state index in [0.717, 1.165) is 160 Å². The Morgan fingerprint density at radius 2 is 0.489 bits per heavy atom. The van der Waals surface area contributed by atoms with Gasteiger partial charge in [-0.25, -0.2) is 0 Å². The third-order valence-corrected chi connectivity index (χ3v) is 18.5. The molecule has 0 spiro atoms. The number of aromatic nitrogens is 3. The van der Waals surface area contributed by atoms with Crippen molar-refractivity contribution in [1.82, 2.24) is 13.7 Å². The summed E-state index contributed by atoms with van der Waals surface area (Å²) in [6.07, 6.45) is 0. The maximum atomic E-state index is 13.0. The van der Waals surface area contributed by atoms with Crippen LogP contribution < -0.4 is 0 Å². The van der Waals surface area contributed by atoms with E-state index in [9.17, 15) is 5.26 Å². The van der Waals surface area contributed by atoms with E-state index < -0.39 is 0 Å². The molecule has 0 aliphatic rings. The summed E-state index contributed by atoms with van der Waals surface area (Å²) in [7, 11) is 0. The lowest BCUT2D eigenvalue weighted by Crippen LogP contribution is -2.11. The Morgan fingerprint density at radius 3 is 0.778 bits per heavy atom. The van der Waals surface area contributed by atoms with Crippen molar-refractivity contribution in [2.45, 2.75) is 0 Å². The number of nitriles is 1. The van der Waals surface area contributed by atoms with Crippen LogP contribution in [0.3, 0.4) is 0 Å². The van der Waals surface area contributed by atoms with Gasteiger partial charge >= 0.3 is 0 Å². The van der Waals surface area contributed by atoms with Gasteiger partial charge in [0.2, 0.25) is 0 Å². The van der Waals surface area contributed by atoms with Gasteiger partial charge in [0, 0.05) is 37.7 Å². The summed E-state index contributed by atoms with van der Waals surface area (Å²) in [5.74, 6) is 0. The molecule has 5 nitrogen and oxygen atoms in total. The van der Waals surface area contributed by atoms with Crippen molar-refractivity contribution in [3.8, 4) is 89.9 Å². The van der Waals surface area contributed by atoms with E-state index in [1.165, 1.54) is 0 Å². The first-order chi connectivity index (χ1) is 44.6. The van der Waals surface area contributed by atoms with Crippen LogP contribution in [0.1, 0.15) is 5.56 Å². The normalized spacial score (nSPS) is 11.8. The van der Waals surface area contributed by atoms with Crippen LogP contribution in [0.4, 0.5) is 0 Å². The van der Waals surface area contributed by atoms with Gasteiger partial charge in [0.05, 0.1) is 49.9 Å². The van der Waals surface area contributed by atoms with Gasteiger partial charge in [0.25, 0.3) is 0 Å². The predicted molar refractivity (Wildman–Crippen MR) is 374 cm³/mol. The van der Waals surface area contributed by atoms with E-state index in [-0.39, 0.29) is 0 Å². The highest BCUT2D eigenvalue weighted by Gasteiger charge is 2.33. The van der Waals surface area contributed by atoms with E-state index in [1.807, 2.05) is 6.07 Å². The molecule has 0 radical (unpaired) electrons. The predicted octanol–water partition coefficient (Wildman–Crippen LogP) is 22.8. The number of fused-ring (bicyclic) bond motifs is 12. The van der Waals surface area contributed by atoms with Gasteiger partial charge in [-0.3, -0.25) is 0 Å². The van der Waals surface area contributed by atoms with Gasteiger partial charge in [-0.2, -0.15) is 5.26 Å². The molecule has 14 aromatic carbocycles. The van der Waals surface area contributed by atoms with Crippen LogP contribution in [-0.2, 0) is 0 Å². The minimum atomic E-state index is 0.497. The monoisotopic (exact) mass is 1140 g/mol. The van der Waals surface area contributed by atoms with Crippen LogP contribution in [-0.4, -0.2) is 13.7 Å². The lowest BCUT2D eigenvalue weighted by atomic mass is 10.00. The van der Waals surface area contributed by atoms with E-state index in [1.54, 1.807) is 0 Å². The number of benzene rings is 14. The first kappa shape index (κ1) is 51.0. The van der Waals surface area contributed by atoms with E-state index >= 15 is 0 Å². The lowest BCUT2D eigenvalue weighted by molar-refractivity contribution is 0.666. The van der Waals surface area contributed by atoms with Crippen molar-refractivity contribution in [2.75, 3.05) is 0 Å². The first-order valence-electron chi connectivity index (χ1n) is 30.6. The fraction of sp³-hybridized carbons (Fsp3) is 0. The first-order valence-corrected chi connectivity index (χ1v) is 30.6. The Kier molecular flexibility index (Phi) is 11.6. The van der Waals surface area contributed by atoms with E-state index in [0.29, 0.717) is 16.8 Å². The minimum absolute atomic E-state index is 0.497. The molecule has 0 saturated heterocycles. The third-order valence-electron chi connectivity index (χ3n) is 18.5. The molecule has 0 N–H and O–H groups in total. The van der Waals surface area contributed by atoms with Crippen molar-refractivity contribution in [3.63, 3.8) is 0 Å². The molecule has 18 rings (SSSR count). The Labute approximate surface area is 518 Å². The molecular weight excluding hydrogens is 1090 g/mol. The smallest absolute Gasteiger partial charge is 0.163 e. The highest BCUT2D eigenvalue weighted by atomic mass is 16.3. The fourth-order valence-electron chi connectivity index (χ4n) is 14.3. The SMILES string of the molecule is N#Cc1c(-n2c3ccc(-c4ccccc4)cc3c3cc(-c4ccccc4)ccc32)c(-n2c3ccc(-c4ccccc4)cc3c3cc(-c4ccccc4)ccc32)c2oc3ccccc3c2c1-n1c2ccc(-c3ccccc3)cc2c2cc(-c3ccccc3)ccc21. The fourth-order valence-corrected chi connectivity index (χ4v) is 14.3. The topological polar surface area (TPSA) is 51.7 Å². The molecule has 4 heterocycles. The number of hydrogen-bond donors (Lipinski definition) is 0. The zero-order chi connectivity index (χ0) is 59.4. The number of para-hydroxylation sites is 1. The van der Waals surface area contributed by atoms with Crippen molar-refractivity contribution in [3.05, 3.63) is 321 Å². The highest BCUT2D eigenvalue weighted by Crippen LogP contribution is 2.51. The van der Waals surface area contributed by atoms with Crippen molar-refractivity contribution in [2.24, 2.45) is 0 Å². The summed E-state index contributed by atoms with van der Waals surface area (Å²) in [4.78, 5) is 0. The van der Waals surface area contributed by atoms with Crippen LogP contribution in [0.25, 0.3) is 171 Å². The molecule has 0 aliphatic carbocycles. The molecule has 0 bridgehead atoms. The molecule has 0 amide bonds. The molecule has 18 aromatic rings. The molecule has 418 valence electrons. The zero-order valence-corrected chi connectivity index (χ0v) is 48.7. The van der Waals surface area contributed by atoms with Crippen LogP contribution in [0.5, 0.6) is 0 Å². The Morgan fingerprint density at radius 1 is 0.233 bits per heavy atom. The number of furan rings is 1. The van der Waals surface area contributed by atoms with Gasteiger partial charge in [-0.1, -0.05) is 237 Å². The van der Waals surface area contributed by atoms with Crippen molar-refractivity contribution in [1.29, 1.82) is 5.26 Å². The lowest BCUT2D eigenvalue weighted by Gasteiger charge is -2.22. The molecule has 0 atom stereocenters. The summed E-state index contributed by atoms with van der Waals surface area (Å²) < 4.78 is 14.8. The van der Waals surface area contributed by atoms with Crippen LogP contribution >= 0.6 is 0 Å². The average molecular weight is 1150 g/mol. The summed E-state index contributed by atoms with van der Waals surface area (Å²) in [5.41, 5.74) is 23.3. The highest BCUT2D eigenvalue weighted by molar-refractivity contribution is 6.22. The molecule has 0 aliphatic heterocycles. The molecule has 4 aromatic heterocycles. The number of rotatable bonds is 9. The quantitative estimate of drug-likeness (QED) is 0.145. The summed E-state index contributed by atoms with van der Waals surface area (Å²) >= 11 is 0. The summed E-state index contributed by atoms with van der Waals surface area (Å²) in [5, 5.41) is 21.2. The van der Waals surface area contributed by atoms with Crippen molar-refractivity contribution >= 4 is 87.4 Å². The Balaban J connectivity index is 1.05. The van der Waals surface area contributed by atoms with Gasteiger partial charge in [0.1, 0.15) is 22.9 Å². The number of hydrogen-bond acceptors (Lipinski definition) is 2.